The summed E-state index contributed by atoms with van der Waals surface area (Å²) in [5.41, 5.74) is 3.94. The zero-order valence-electron chi connectivity index (χ0n) is 27.2. The molecule has 256 valence electrons. The Balaban J connectivity index is 1.13. The number of nitrogens with zero attached hydrogens (tertiary/aromatic N) is 4. The first-order chi connectivity index (χ1) is 23.8. The Labute approximate surface area is 291 Å². The summed E-state index contributed by atoms with van der Waals surface area (Å²) in [6.07, 6.45) is 6.13. The monoisotopic (exact) mass is 700 g/mol. The highest BCUT2D eigenvalue weighted by Gasteiger charge is 2.44. The summed E-state index contributed by atoms with van der Waals surface area (Å²) in [6, 6.07) is 22.2. The molecule has 0 spiro atoms. The first-order valence-corrected chi connectivity index (χ1v) is 19.1. The minimum atomic E-state index is -4.06. The lowest BCUT2D eigenvalue weighted by atomic mass is 9.82. The van der Waals surface area contributed by atoms with Crippen molar-refractivity contribution in [2.75, 3.05) is 44.3 Å². The average Bonchev–Trinajstić information content (AvgIpc) is 3.58. The lowest BCUT2D eigenvalue weighted by molar-refractivity contribution is -0.121. The van der Waals surface area contributed by atoms with Crippen molar-refractivity contribution in [3.05, 3.63) is 89.4 Å². The summed E-state index contributed by atoms with van der Waals surface area (Å²) in [5, 5.41) is 10.2. The van der Waals surface area contributed by atoms with Gasteiger partial charge in [0.15, 0.2) is 0 Å². The molecule has 12 heteroatoms. The molecule has 1 N–H and O–H groups in total. The van der Waals surface area contributed by atoms with Crippen molar-refractivity contribution in [2.24, 2.45) is 5.92 Å². The first kappa shape index (κ1) is 33.6. The minimum absolute atomic E-state index is 0.0250. The van der Waals surface area contributed by atoms with Gasteiger partial charge in [-0.25, -0.2) is 13.2 Å². The van der Waals surface area contributed by atoms with Gasteiger partial charge in [-0.15, -0.1) is 11.3 Å². The Hall–Kier alpha value is -3.94. The van der Waals surface area contributed by atoms with Gasteiger partial charge < -0.3 is 14.7 Å². The number of carboxylic acid groups (broad SMARTS) is 1. The fourth-order valence-corrected chi connectivity index (χ4v) is 9.60. The van der Waals surface area contributed by atoms with Crippen molar-refractivity contribution in [3.63, 3.8) is 0 Å². The molecule has 0 radical (unpaired) electrons. The fraction of sp³-hybridized carbons (Fsp3) is 0.378. The average molecular weight is 701 g/mol. The molecular formula is C37H40N4O6S2. The molecule has 1 atom stereocenters. The maximum Gasteiger partial charge on any atom is 0.348 e. The highest BCUT2D eigenvalue weighted by molar-refractivity contribution is 7.89. The zero-order valence-corrected chi connectivity index (χ0v) is 28.9. The number of benzene rings is 2. The standard InChI is InChI=1S/C37H40N4O6S2/c42-35-25-40(49(45,46)30-15-16-31(38-22-30)27-13-11-26(12-14-27)23-39-17-19-47-20-18-39)24-33(28-7-3-1-4-8-28)41(35)32-21-34(48-36(32)37(43)44)29-9-5-2-6-10-29/h2,5-6,9-16,21-22,28,33H,1,3-4,7-8,17-20,23-25H2,(H,43,44). The number of pyridine rings is 1. The summed E-state index contributed by atoms with van der Waals surface area (Å²) >= 11 is 1.14. The van der Waals surface area contributed by atoms with Crippen LogP contribution in [0.5, 0.6) is 0 Å². The number of sulfonamides is 1. The van der Waals surface area contributed by atoms with Crippen LogP contribution in [-0.2, 0) is 26.1 Å². The highest BCUT2D eigenvalue weighted by Crippen LogP contribution is 2.42. The number of hydrogen-bond donors (Lipinski definition) is 1. The third kappa shape index (κ3) is 7.20. The molecule has 1 amide bonds. The molecular weight excluding hydrogens is 661 g/mol. The largest absolute Gasteiger partial charge is 0.477 e. The van der Waals surface area contributed by atoms with Crippen LogP contribution in [-0.4, -0.2) is 85.0 Å². The van der Waals surface area contributed by atoms with E-state index in [-0.39, 0.29) is 28.8 Å². The Morgan fingerprint density at radius 1 is 0.939 bits per heavy atom. The van der Waals surface area contributed by atoms with E-state index in [4.69, 9.17) is 4.74 Å². The van der Waals surface area contributed by atoms with Crippen LogP contribution in [0.3, 0.4) is 0 Å². The zero-order chi connectivity index (χ0) is 34.0. The van der Waals surface area contributed by atoms with E-state index in [9.17, 15) is 23.1 Å². The van der Waals surface area contributed by atoms with Gasteiger partial charge in [-0.1, -0.05) is 73.9 Å². The van der Waals surface area contributed by atoms with Crippen molar-refractivity contribution >= 4 is 38.9 Å². The van der Waals surface area contributed by atoms with Gasteiger partial charge in [0.25, 0.3) is 0 Å². The van der Waals surface area contributed by atoms with E-state index in [2.05, 4.69) is 22.0 Å². The third-order valence-corrected chi connectivity index (χ3v) is 12.8. The van der Waals surface area contributed by atoms with Crippen molar-refractivity contribution in [3.8, 4) is 21.7 Å². The van der Waals surface area contributed by atoms with Crippen LogP contribution in [0.4, 0.5) is 5.69 Å². The van der Waals surface area contributed by atoms with Gasteiger partial charge in [-0.2, -0.15) is 4.31 Å². The number of thiophene rings is 1. The van der Waals surface area contributed by atoms with Crippen LogP contribution >= 0.6 is 11.3 Å². The van der Waals surface area contributed by atoms with E-state index in [0.717, 1.165) is 92.3 Å². The fourth-order valence-electron chi connectivity index (χ4n) is 7.25. The number of carbonyl (C=O) groups excluding carboxylic acids is 1. The summed E-state index contributed by atoms with van der Waals surface area (Å²) in [4.78, 5) is 35.9. The maximum absolute atomic E-state index is 14.1. The molecule has 0 bridgehead atoms. The Bertz CT molecular complexity index is 1890. The predicted octanol–water partition coefficient (Wildman–Crippen LogP) is 5.99. The van der Waals surface area contributed by atoms with Gasteiger partial charge >= 0.3 is 5.97 Å². The van der Waals surface area contributed by atoms with E-state index in [1.54, 1.807) is 23.1 Å². The molecule has 49 heavy (non-hydrogen) atoms. The molecule has 2 saturated heterocycles. The second-order valence-corrected chi connectivity index (χ2v) is 16.0. The quantitative estimate of drug-likeness (QED) is 0.226. The second kappa shape index (κ2) is 14.5. The molecule has 2 aromatic heterocycles. The number of ether oxygens (including phenoxy) is 1. The Morgan fingerprint density at radius 3 is 2.35 bits per heavy atom. The van der Waals surface area contributed by atoms with Gasteiger partial charge in [-0.05, 0) is 48.1 Å². The lowest BCUT2D eigenvalue weighted by Crippen LogP contribution is -2.60. The molecule has 10 nitrogen and oxygen atoms in total. The summed E-state index contributed by atoms with van der Waals surface area (Å²) in [7, 11) is -4.06. The Kier molecular flexibility index (Phi) is 9.93. The second-order valence-electron chi connectivity index (χ2n) is 13.0. The van der Waals surface area contributed by atoms with E-state index in [0.29, 0.717) is 11.4 Å². The maximum atomic E-state index is 14.1. The van der Waals surface area contributed by atoms with Gasteiger partial charge in [0.05, 0.1) is 37.2 Å². The SMILES string of the molecule is O=C(O)c1sc(-c2ccccc2)cc1N1C(=O)CN(S(=O)(=O)c2ccc(-c3ccc(CN4CCOCC4)cc3)nc2)CC1C1CCCCC1. The minimum Gasteiger partial charge on any atom is -0.477 e. The van der Waals surface area contributed by atoms with Gasteiger partial charge in [-0.3, -0.25) is 14.7 Å². The van der Waals surface area contributed by atoms with E-state index in [1.165, 1.54) is 16.1 Å². The molecule has 4 heterocycles. The number of anilines is 1. The van der Waals surface area contributed by atoms with E-state index in [1.807, 2.05) is 42.5 Å². The number of carbonyl (C=O) groups is 2. The number of piperazine rings is 1. The van der Waals surface area contributed by atoms with E-state index < -0.39 is 27.9 Å². The molecule has 1 unspecified atom stereocenters. The van der Waals surface area contributed by atoms with Crippen LogP contribution < -0.4 is 4.90 Å². The van der Waals surface area contributed by atoms with Crippen LogP contribution in [0.1, 0.15) is 47.3 Å². The number of amides is 1. The topological polar surface area (TPSA) is 120 Å². The molecule has 2 aromatic carbocycles. The molecule has 3 fully saturated rings. The number of carboxylic acids is 1. The van der Waals surface area contributed by atoms with E-state index >= 15 is 0 Å². The Morgan fingerprint density at radius 2 is 1.67 bits per heavy atom. The number of morpholine rings is 1. The molecule has 2 aliphatic heterocycles. The van der Waals surface area contributed by atoms with Crippen molar-refractivity contribution in [2.45, 2.75) is 49.6 Å². The van der Waals surface area contributed by atoms with Crippen LogP contribution in [0.15, 0.2) is 83.9 Å². The molecule has 3 aliphatic rings. The summed E-state index contributed by atoms with van der Waals surface area (Å²) in [6.45, 7) is 3.87. The third-order valence-electron chi connectivity index (χ3n) is 9.85. The highest BCUT2D eigenvalue weighted by atomic mass is 32.2. The molecule has 1 aliphatic carbocycles. The summed E-state index contributed by atoms with van der Waals surface area (Å²) in [5.74, 6) is -1.48. The van der Waals surface area contributed by atoms with Gasteiger partial charge in [0, 0.05) is 42.8 Å². The molecule has 7 rings (SSSR count). The van der Waals surface area contributed by atoms with Crippen LogP contribution in [0, 0.1) is 5.92 Å². The van der Waals surface area contributed by atoms with Gasteiger partial charge in [0.1, 0.15) is 9.77 Å². The van der Waals surface area contributed by atoms with Crippen molar-refractivity contribution in [1.29, 1.82) is 0 Å². The normalized spacial score (nSPS) is 20.0. The first-order valence-electron chi connectivity index (χ1n) is 16.9. The molecule has 4 aromatic rings. The van der Waals surface area contributed by atoms with Crippen LogP contribution in [0.25, 0.3) is 21.7 Å². The summed E-state index contributed by atoms with van der Waals surface area (Å²) < 4.78 is 34.8. The van der Waals surface area contributed by atoms with Crippen molar-refractivity contribution < 1.29 is 27.9 Å². The van der Waals surface area contributed by atoms with Crippen molar-refractivity contribution in [1.82, 2.24) is 14.2 Å². The number of aromatic nitrogens is 1. The van der Waals surface area contributed by atoms with Gasteiger partial charge in [0.2, 0.25) is 15.9 Å². The smallest absolute Gasteiger partial charge is 0.348 e. The number of aromatic carboxylic acids is 1. The molecule has 1 saturated carbocycles. The predicted molar refractivity (Wildman–Crippen MR) is 189 cm³/mol. The van der Waals surface area contributed by atoms with Crippen LogP contribution in [0.2, 0.25) is 0 Å². The lowest BCUT2D eigenvalue weighted by Gasteiger charge is -2.44. The number of rotatable bonds is 9. The number of hydrogen-bond acceptors (Lipinski definition) is 8.